The molecule has 20 heavy (non-hydrogen) atoms. The number of aliphatic hydroxyl groups excluding tert-OH is 1. The van der Waals surface area contributed by atoms with Crippen LogP contribution in [0.15, 0.2) is 40.9 Å². The summed E-state index contributed by atoms with van der Waals surface area (Å²) in [6.07, 6.45) is 0.180. The fourth-order valence-electron chi connectivity index (χ4n) is 2.48. The van der Waals surface area contributed by atoms with E-state index in [1.54, 1.807) is 7.11 Å². The molecule has 3 nitrogen and oxygen atoms in total. The Bertz CT molecular complexity index is 640. The molecule has 104 valence electrons. The number of methoxy groups -OCH3 is 1. The number of ether oxygens (including phenoxy) is 2. The van der Waals surface area contributed by atoms with E-state index in [0.29, 0.717) is 5.75 Å². The van der Waals surface area contributed by atoms with Gasteiger partial charge in [0.25, 0.3) is 0 Å². The predicted molar refractivity (Wildman–Crippen MR) is 80.4 cm³/mol. The molecular weight excluding hydrogens is 320 g/mol. The van der Waals surface area contributed by atoms with Crippen molar-refractivity contribution in [3.05, 3.63) is 57.6 Å². The second-order valence-electron chi connectivity index (χ2n) is 4.75. The first kappa shape index (κ1) is 13.5. The predicted octanol–water partition coefficient (Wildman–Crippen LogP) is 3.47. The number of benzene rings is 2. The first-order chi connectivity index (χ1) is 9.69. The minimum absolute atomic E-state index is 0.678. The van der Waals surface area contributed by atoms with Crippen molar-refractivity contribution in [2.45, 2.75) is 12.5 Å². The molecule has 0 amide bonds. The highest BCUT2D eigenvalue weighted by Gasteiger charge is 2.19. The summed E-state index contributed by atoms with van der Waals surface area (Å²) in [4.78, 5) is 0. The highest BCUT2D eigenvalue weighted by atomic mass is 79.9. The average Bonchev–Trinajstić information content (AvgIpc) is 2.93. The van der Waals surface area contributed by atoms with Crippen LogP contribution in [0.25, 0.3) is 0 Å². The van der Waals surface area contributed by atoms with Gasteiger partial charge in [-0.05, 0) is 41.5 Å². The molecule has 0 spiro atoms. The van der Waals surface area contributed by atoms with E-state index in [1.807, 2.05) is 36.4 Å². The van der Waals surface area contributed by atoms with Crippen LogP contribution >= 0.6 is 15.9 Å². The van der Waals surface area contributed by atoms with Crippen LogP contribution in [-0.2, 0) is 6.42 Å². The average molecular weight is 335 g/mol. The molecule has 4 heteroatoms. The summed E-state index contributed by atoms with van der Waals surface area (Å²) in [5, 5.41) is 10.6. The van der Waals surface area contributed by atoms with Crippen molar-refractivity contribution in [1.29, 1.82) is 0 Å². The quantitative estimate of drug-likeness (QED) is 0.933. The molecule has 0 fully saturated rings. The lowest BCUT2D eigenvalue weighted by Crippen LogP contribution is -2.03. The molecule has 1 N–H and O–H groups in total. The van der Waals surface area contributed by atoms with E-state index in [1.165, 1.54) is 0 Å². The number of rotatable bonds is 3. The smallest absolute Gasteiger partial charge is 0.125 e. The summed E-state index contributed by atoms with van der Waals surface area (Å²) < 4.78 is 11.7. The lowest BCUT2D eigenvalue weighted by molar-refractivity contribution is 0.214. The number of hydrogen-bond acceptors (Lipinski definition) is 3. The van der Waals surface area contributed by atoms with E-state index in [4.69, 9.17) is 9.47 Å². The Morgan fingerprint density at radius 2 is 2.10 bits per heavy atom. The second-order valence-corrected chi connectivity index (χ2v) is 5.67. The standard InChI is InChI=1S/C16H15BrO3/c1-19-15-5-3-12(17)9-13(15)16(18)11-2-4-14-10(8-11)6-7-20-14/h2-5,8-9,16,18H,6-7H2,1H3. The van der Waals surface area contributed by atoms with Gasteiger partial charge in [-0.2, -0.15) is 0 Å². The van der Waals surface area contributed by atoms with Gasteiger partial charge in [-0.1, -0.05) is 22.0 Å². The Kier molecular flexibility index (Phi) is 3.68. The van der Waals surface area contributed by atoms with Gasteiger partial charge < -0.3 is 14.6 Å². The van der Waals surface area contributed by atoms with Gasteiger partial charge in [0, 0.05) is 16.5 Å². The zero-order chi connectivity index (χ0) is 14.1. The summed E-state index contributed by atoms with van der Waals surface area (Å²) in [5.74, 6) is 1.60. The van der Waals surface area contributed by atoms with E-state index in [9.17, 15) is 5.11 Å². The van der Waals surface area contributed by atoms with Crippen molar-refractivity contribution in [1.82, 2.24) is 0 Å². The molecular formula is C16H15BrO3. The van der Waals surface area contributed by atoms with Crippen molar-refractivity contribution < 1.29 is 14.6 Å². The summed E-state index contributed by atoms with van der Waals surface area (Å²) in [7, 11) is 1.61. The Morgan fingerprint density at radius 3 is 2.90 bits per heavy atom. The topological polar surface area (TPSA) is 38.7 Å². The number of aliphatic hydroxyl groups is 1. The third-order valence-electron chi connectivity index (χ3n) is 3.52. The zero-order valence-corrected chi connectivity index (χ0v) is 12.7. The molecule has 2 aromatic rings. The number of hydrogen-bond donors (Lipinski definition) is 1. The molecule has 0 saturated carbocycles. The molecule has 1 heterocycles. The lowest BCUT2D eigenvalue weighted by Gasteiger charge is -2.16. The van der Waals surface area contributed by atoms with E-state index >= 15 is 0 Å². The SMILES string of the molecule is COc1ccc(Br)cc1C(O)c1ccc2c(c1)CCO2. The van der Waals surface area contributed by atoms with Crippen molar-refractivity contribution in [2.24, 2.45) is 0 Å². The Labute approximate surface area is 126 Å². The number of fused-ring (bicyclic) bond motifs is 1. The monoisotopic (exact) mass is 334 g/mol. The van der Waals surface area contributed by atoms with Gasteiger partial charge in [0.15, 0.2) is 0 Å². The van der Waals surface area contributed by atoms with Crippen LogP contribution in [-0.4, -0.2) is 18.8 Å². The van der Waals surface area contributed by atoms with Crippen LogP contribution in [0.2, 0.25) is 0 Å². The van der Waals surface area contributed by atoms with Gasteiger partial charge in [-0.25, -0.2) is 0 Å². The van der Waals surface area contributed by atoms with Crippen molar-refractivity contribution in [3.8, 4) is 11.5 Å². The van der Waals surface area contributed by atoms with Crippen LogP contribution in [0.1, 0.15) is 22.8 Å². The molecule has 0 aliphatic carbocycles. The first-order valence-electron chi connectivity index (χ1n) is 6.46. The molecule has 0 bridgehead atoms. The largest absolute Gasteiger partial charge is 0.496 e. The third-order valence-corrected chi connectivity index (χ3v) is 4.01. The molecule has 3 rings (SSSR count). The molecule has 1 aliphatic rings. The van der Waals surface area contributed by atoms with Gasteiger partial charge in [-0.3, -0.25) is 0 Å². The second kappa shape index (κ2) is 5.46. The Balaban J connectivity index is 2.00. The highest BCUT2D eigenvalue weighted by Crippen LogP contribution is 2.35. The fourth-order valence-corrected chi connectivity index (χ4v) is 2.85. The van der Waals surface area contributed by atoms with Crippen molar-refractivity contribution in [2.75, 3.05) is 13.7 Å². The molecule has 0 saturated heterocycles. The summed E-state index contributed by atoms with van der Waals surface area (Å²) in [6, 6.07) is 11.5. The first-order valence-corrected chi connectivity index (χ1v) is 7.25. The maximum absolute atomic E-state index is 10.6. The van der Waals surface area contributed by atoms with Crippen LogP contribution in [0.5, 0.6) is 11.5 Å². The minimum atomic E-state index is -0.714. The van der Waals surface area contributed by atoms with Crippen LogP contribution in [0.3, 0.4) is 0 Å². The third kappa shape index (κ3) is 2.41. The molecule has 0 radical (unpaired) electrons. The van der Waals surface area contributed by atoms with Crippen molar-refractivity contribution >= 4 is 15.9 Å². The summed E-state index contributed by atoms with van der Waals surface area (Å²) in [6.45, 7) is 0.717. The van der Waals surface area contributed by atoms with Gasteiger partial charge in [0.1, 0.15) is 17.6 Å². The summed E-state index contributed by atoms with van der Waals surface area (Å²) >= 11 is 3.43. The van der Waals surface area contributed by atoms with E-state index < -0.39 is 6.10 Å². The molecule has 1 aliphatic heterocycles. The maximum Gasteiger partial charge on any atom is 0.125 e. The van der Waals surface area contributed by atoms with Gasteiger partial charge in [0.2, 0.25) is 0 Å². The minimum Gasteiger partial charge on any atom is -0.496 e. The number of halogens is 1. The van der Waals surface area contributed by atoms with Crippen LogP contribution in [0.4, 0.5) is 0 Å². The van der Waals surface area contributed by atoms with E-state index in [-0.39, 0.29) is 0 Å². The summed E-state index contributed by atoms with van der Waals surface area (Å²) in [5.41, 5.74) is 2.75. The normalized spacial score (nSPS) is 14.6. The molecule has 2 aromatic carbocycles. The molecule has 1 unspecified atom stereocenters. The van der Waals surface area contributed by atoms with Gasteiger partial charge >= 0.3 is 0 Å². The van der Waals surface area contributed by atoms with Gasteiger partial charge in [-0.15, -0.1) is 0 Å². The van der Waals surface area contributed by atoms with Crippen LogP contribution in [0, 0.1) is 0 Å². The Hall–Kier alpha value is -1.52. The Morgan fingerprint density at radius 1 is 1.25 bits per heavy atom. The van der Waals surface area contributed by atoms with Crippen molar-refractivity contribution in [3.63, 3.8) is 0 Å². The van der Waals surface area contributed by atoms with Gasteiger partial charge in [0.05, 0.1) is 13.7 Å². The van der Waals surface area contributed by atoms with Crippen LogP contribution < -0.4 is 9.47 Å². The maximum atomic E-state index is 10.6. The lowest BCUT2D eigenvalue weighted by atomic mass is 9.98. The van der Waals surface area contributed by atoms with E-state index in [2.05, 4.69) is 15.9 Å². The molecule has 1 atom stereocenters. The highest BCUT2D eigenvalue weighted by molar-refractivity contribution is 9.10. The zero-order valence-electron chi connectivity index (χ0n) is 11.1. The molecule has 0 aromatic heterocycles. The fraction of sp³-hybridized carbons (Fsp3) is 0.250. The van der Waals surface area contributed by atoms with E-state index in [0.717, 1.165) is 39.9 Å².